The van der Waals surface area contributed by atoms with Gasteiger partial charge < -0.3 is 24.8 Å². The van der Waals surface area contributed by atoms with Crippen molar-refractivity contribution in [2.24, 2.45) is 7.05 Å². The van der Waals surface area contributed by atoms with Gasteiger partial charge in [0, 0.05) is 26.7 Å². The van der Waals surface area contributed by atoms with E-state index in [1.54, 1.807) is 24.1 Å². The summed E-state index contributed by atoms with van der Waals surface area (Å²) < 4.78 is 14.0. The second kappa shape index (κ2) is 9.60. The molecule has 0 spiro atoms. The molecule has 1 aromatic heterocycles. The van der Waals surface area contributed by atoms with Crippen molar-refractivity contribution in [1.29, 1.82) is 0 Å². The maximum Gasteiger partial charge on any atom is 0.332 e. The van der Waals surface area contributed by atoms with Crippen LogP contribution in [0.5, 0.6) is 11.5 Å². The SMILES string of the molecule is COc1cc(CN2c3c(n(C)c(=O)n(CCCO)c3=O)NC2Oc2ccccc2)ccc1Cl. The lowest BCUT2D eigenvalue weighted by Gasteiger charge is -2.26. The Bertz CT molecular complexity index is 1260. The molecular weight excluding hydrogens is 448 g/mol. The van der Waals surface area contributed by atoms with Crippen LogP contribution in [0.25, 0.3) is 0 Å². The van der Waals surface area contributed by atoms with Crippen LogP contribution in [0.3, 0.4) is 0 Å². The minimum atomic E-state index is -0.740. The fourth-order valence-corrected chi connectivity index (χ4v) is 3.99. The lowest BCUT2D eigenvalue weighted by molar-refractivity contribution is 0.227. The van der Waals surface area contributed by atoms with E-state index in [0.717, 1.165) is 10.1 Å². The predicted octanol–water partition coefficient (Wildman–Crippen LogP) is 2.39. The Kier molecular flexibility index (Phi) is 6.62. The maximum atomic E-state index is 13.4. The second-order valence-corrected chi connectivity index (χ2v) is 8.00. The number of aromatic nitrogens is 2. The highest BCUT2D eigenvalue weighted by atomic mass is 35.5. The quantitative estimate of drug-likeness (QED) is 0.519. The first-order chi connectivity index (χ1) is 15.9. The number of nitrogens with zero attached hydrogens (tertiary/aromatic N) is 3. The lowest BCUT2D eigenvalue weighted by Crippen LogP contribution is -2.43. The Labute approximate surface area is 195 Å². The van der Waals surface area contributed by atoms with Gasteiger partial charge in [-0.2, -0.15) is 0 Å². The third-order valence-corrected chi connectivity index (χ3v) is 5.77. The van der Waals surface area contributed by atoms with Crippen molar-refractivity contribution in [3.8, 4) is 11.5 Å². The molecule has 0 saturated heterocycles. The highest BCUT2D eigenvalue weighted by Gasteiger charge is 2.36. The topological polar surface area (TPSA) is 98.0 Å². The number of ether oxygens (including phenoxy) is 2. The van der Waals surface area contributed by atoms with E-state index < -0.39 is 17.6 Å². The van der Waals surface area contributed by atoms with Crippen LogP contribution in [0.2, 0.25) is 5.02 Å². The standard InChI is InChI=1S/C23H25ClN4O5/c1-26-20-19(21(30)27(23(26)31)11-6-12-29)28(14-15-9-10-17(24)18(13-15)32-2)22(25-20)33-16-7-4-3-5-8-16/h3-5,7-10,13,22,25,29H,6,11-12,14H2,1-2H3. The van der Waals surface area contributed by atoms with Gasteiger partial charge in [0.2, 0.25) is 0 Å². The van der Waals surface area contributed by atoms with Crippen LogP contribution in [0.4, 0.5) is 11.5 Å². The maximum absolute atomic E-state index is 13.4. The van der Waals surface area contributed by atoms with Crippen molar-refractivity contribution < 1.29 is 14.6 Å². The molecule has 33 heavy (non-hydrogen) atoms. The number of fused-ring (bicyclic) bond motifs is 1. The van der Waals surface area contributed by atoms with E-state index in [-0.39, 0.29) is 13.2 Å². The Morgan fingerprint density at radius 1 is 1.15 bits per heavy atom. The summed E-state index contributed by atoms with van der Waals surface area (Å²) in [7, 11) is 3.13. The van der Waals surface area contributed by atoms with Crippen LogP contribution < -0.4 is 30.9 Å². The van der Waals surface area contributed by atoms with Gasteiger partial charge in [-0.25, -0.2) is 4.79 Å². The van der Waals surface area contributed by atoms with Gasteiger partial charge in [0.15, 0.2) is 0 Å². The number of anilines is 2. The van der Waals surface area contributed by atoms with Gasteiger partial charge in [-0.05, 0) is 36.2 Å². The highest BCUT2D eigenvalue weighted by Crippen LogP contribution is 2.34. The Hall–Kier alpha value is -3.43. The molecule has 0 saturated carbocycles. The molecule has 2 N–H and O–H groups in total. The van der Waals surface area contributed by atoms with Crippen molar-refractivity contribution in [3.05, 3.63) is 80.0 Å². The Morgan fingerprint density at radius 2 is 1.91 bits per heavy atom. The highest BCUT2D eigenvalue weighted by molar-refractivity contribution is 6.32. The van der Waals surface area contributed by atoms with E-state index >= 15 is 0 Å². The predicted molar refractivity (Wildman–Crippen MR) is 126 cm³/mol. The molecule has 174 valence electrons. The van der Waals surface area contributed by atoms with Gasteiger partial charge in [-0.1, -0.05) is 35.9 Å². The van der Waals surface area contributed by atoms with Crippen molar-refractivity contribution in [3.63, 3.8) is 0 Å². The summed E-state index contributed by atoms with van der Waals surface area (Å²) in [6.45, 7) is 0.277. The zero-order valence-corrected chi connectivity index (χ0v) is 19.1. The average molecular weight is 473 g/mol. The van der Waals surface area contributed by atoms with Gasteiger partial charge in [-0.15, -0.1) is 0 Å². The van der Waals surface area contributed by atoms with Gasteiger partial charge in [0.1, 0.15) is 23.0 Å². The first kappa shape index (κ1) is 22.8. The number of para-hydroxylation sites is 1. The third-order valence-electron chi connectivity index (χ3n) is 5.45. The van der Waals surface area contributed by atoms with E-state index in [1.807, 2.05) is 36.4 Å². The van der Waals surface area contributed by atoms with Crippen LogP contribution in [0.1, 0.15) is 12.0 Å². The fraction of sp³-hybridized carbons (Fsp3) is 0.304. The summed E-state index contributed by atoms with van der Waals surface area (Å²) >= 11 is 6.18. The fourth-order valence-electron chi connectivity index (χ4n) is 3.80. The minimum Gasteiger partial charge on any atom is -0.495 e. The van der Waals surface area contributed by atoms with Crippen LogP contribution in [0.15, 0.2) is 58.1 Å². The van der Waals surface area contributed by atoms with E-state index in [0.29, 0.717) is 41.0 Å². The first-order valence-electron chi connectivity index (χ1n) is 10.5. The number of methoxy groups -OCH3 is 1. The smallest absolute Gasteiger partial charge is 0.332 e. The van der Waals surface area contributed by atoms with E-state index in [9.17, 15) is 14.7 Å². The molecule has 2 aromatic carbocycles. The lowest BCUT2D eigenvalue weighted by atomic mass is 10.2. The van der Waals surface area contributed by atoms with Gasteiger partial charge in [0.25, 0.3) is 11.9 Å². The molecule has 2 heterocycles. The molecule has 1 aliphatic heterocycles. The van der Waals surface area contributed by atoms with Crippen LogP contribution in [-0.4, -0.2) is 34.3 Å². The summed E-state index contributed by atoms with van der Waals surface area (Å²) in [6.07, 6.45) is -0.448. The molecule has 9 nitrogen and oxygen atoms in total. The largest absolute Gasteiger partial charge is 0.495 e. The van der Waals surface area contributed by atoms with E-state index in [1.165, 1.54) is 11.7 Å². The van der Waals surface area contributed by atoms with Crippen molar-refractivity contribution in [1.82, 2.24) is 9.13 Å². The number of benzene rings is 2. The number of aliphatic hydroxyl groups excluding tert-OH is 1. The molecule has 3 aromatic rings. The molecule has 0 aliphatic carbocycles. The second-order valence-electron chi connectivity index (χ2n) is 7.60. The summed E-state index contributed by atoms with van der Waals surface area (Å²) in [5.41, 5.74) is 0.231. The normalized spacial score (nSPS) is 14.7. The summed E-state index contributed by atoms with van der Waals surface area (Å²) in [5, 5.41) is 12.9. The molecular formula is C23H25ClN4O5. The van der Waals surface area contributed by atoms with E-state index in [2.05, 4.69) is 5.32 Å². The molecule has 0 fully saturated rings. The number of aliphatic hydroxyl groups is 1. The minimum absolute atomic E-state index is 0.113. The number of rotatable bonds is 8. The summed E-state index contributed by atoms with van der Waals surface area (Å²) in [6, 6.07) is 14.6. The molecule has 0 bridgehead atoms. The summed E-state index contributed by atoms with van der Waals surface area (Å²) in [5.74, 6) is 1.49. The van der Waals surface area contributed by atoms with Crippen LogP contribution in [0, 0.1) is 0 Å². The number of hydrogen-bond donors (Lipinski definition) is 2. The first-order valence-corrected chi connectivity index (χ1v) is 10.8. The van der Waals surface area contributed by atoms with Gasteiger partial charge >= 0.3 is 5.69 Å². The number of halogens is 1. The van der Waals surface area contributed by atoms with Crippen LogP contribution in [-0.2, 0) is 20.1 Å². The van der Waals surface area contributed by atoms with Crippen molar-refractivity contribution in [2.45, 2.75) is 25.9 Å². The van der Waals surface area contributed by atoms with Gasteiger partial charge in [-0.3, -0.25) is 13.9 Å². The zero-order chi connectivity index (χ0) is 23.5. The summed E-state index contributed by atoms with van der Waals surface area (Å²) in [4.78, 5) is 28.0. The monoisotopic (exact) mass is 472 g/mol. The van der Waals surface area contributed by atoms with E-state index in [4.69, 9.17) is 21.1 Å². The van der Waals surface area contributed by atoms with Crippen LogP contribution >= 0.6 is 11.6 Å². The molecule has 10 heteroatoms. The molecule has 4 rings (SSSR count). The third kappa shape index (κ3) is 4.42. The zero-order valence-electron chi connectivity index (χ0n) is 18.3. The molecule has 0 amide bonds. The Morgan fingerprint density at radius 3 is 2.61 bits per heavy atom. The van der Waals surface area contributed by atoms with Crippen molar-refractivity contribution >= 4 is 23.1 Å². The molecule has 1 atom stereocenters. The average Bonchev–Trinajstić information content (AvgIpc) is 3.17. The molecule has 1 unspecified atom stereocenters. The number of hydrogen-bond acceptors (Lipinski definition) is 7. The Balaban J connectivity index is 1.80. The molecule has 0 radical (unpaired) electrons. The van der Waals surface area contributed by atoms with Crippen molar-refractivity contribution in [2.75, 3.05) is 23.9 Å². The molecule has 1 aliphatic rings. The van der Waals surface area contributed by atoms with Gasteiger partial charge in [0.05, 0.1) is 12.1 Å². The number of nitrogens with one attached hydrogen (secondary N) is 1.